The van der Waals surface area contributed by atoms with E-state index in [9.17, 15) is 27.9 Å². The van der Waals surface area contributed by atoms with E-state index in [1.807, 2.05) is 20.8 Å². The van der Waals surface area contributed by atoms with E-state index >= 15 is 0 Å². The maximum Gasteiger partial charge on any atom is 0.410 e. The second-order valence-electron chi connectivity index (χ2n) is 10.2. The van der Waals surface area contributed by atoms with Crippen LogP contribution in [0.5, 0.6) is 5.88 Å². The first-order valence-electron chi connectivity index (χ1n) is 12.4. The van der Waals surface area contributed by atoms with Crippen LogP contribution in [0.25, 0.3) is 0 Å². The molecule has 1 atom stereocenters. The number of aromatic nitrogens is 1. The maximum absolute atomic E-state index is 12.8. The third-order valence-corrected chi connectivity index (χ3v) is 8.12. The molecule has 1 aliphatic rings. The second-order valence-corrected chi connectivity index (χ2v) is 12.4. The average Bonchev–Trinajstić information content (AvgIpc) is 3.35. The molecule has 39 heavy (non-hydrogen) atoms. The summed E-state index contributed by atoms with van der Waals surface area (Å²) in [5, 5.41) is 11.7. The van der Waals surface area contributed by atoms with Gasteiger partial charge in [-0.15, -0.1) is 0 Å². The number of nitrogens with two attached hydrogens (primary N) is 1. The van der Waals surface area contributed by atoms with Crippen molar-refractivity contribution in [3.8, 4) is 5.88 Å². The Kier molecular flexibility index (Phi) is 9.56. The fraction of sp³-hybridized carbons (Fsp3) is 0.520. The number of sulfone groups is 1. The summed E-state index contributed by atoms with van der Waals surface area (Å²) < 4.78 is 41.5. The molecular formula is C25H34N4O9S. The highest BCUT2D eigenvalue weighted by molar-refractivity contribution is 7.92. The zero-order valence-corrected chi connectivity index (χ0v) is 22.9. The lowest BCUT2D eigenvalue weighted by molar-refractivity contribution is -0.136. The van der Waals surface area contributed by atoms with Crippen molar-refractivity contribution in [2.24, 2.45) is 11.8 Å². The number of ether oxygens (including phenoxy) is 2. The summed E-state index contributed by atoms with van der Waals surface area (Å²) in [7, 11) is -4.32. The van der Waals surface area contributed by atoms with E-state index in [2.05, 4.69) is 5.16 Å². The number of carbonyl (C=O) groups excluding carboxylic acids is 2. The van der Waals surface area contributed by atoms with Crippen LogP contribution in [-0.4, -0.2) is 83.7 Å². The van der Waals surface area contributed by atoms with Crippen LogP contribution in [0.15, 0.2) is 45.8 Å². The van der Waals surface area contributed by atoms with Crippen LogP contribution in [0.3, 0.4) is 0 Å². The second kappa shape index (κ2) is 12.5. The third kappa shape index (κ3) is 8.17. The van der Waals surface area contributed by atoms with Gasteiger partial charge in [0, 0.05) is 13.1 Å². The first kappa shape index (κ1) is 29.9. The number of nitrogens with zero attached hydrogens (tertiary/aromatic N) is 3. The van der Waals surface area contributed by atoms with E-state index < -0.39 is 39.1 Å². The molecule has 1 saturated heterocycles. The number of carboxylic acids is 1. The molecule has 2 aromatic rings. The molecule has 0 spiro atoms. The van der Waals surface area contributed by atoms with Crippen LogP contribution >= 0.6 is 0 Å². The average molecular weight is 567 g/mol. The van der Waals surface area contributed by atoms with Gasteiger partial charge in [-0.2, -0.15) is 0 Å². The van der Waals surface area contributed by atoms with Gasteiger partial charge in [0.05, 0.1) is 24.1 Å². The molecule has 2 amide bonds. The predicted molar refractivity (Wildman–Crippen MR) is 137 cm³/mol. The van der Waals surface area contributed by atoms with Gasteiger partial charge in [-0.1, -0.05) is 18.2 Å². The van der Waals surface area contributed by atoms with E-state index in [0.29, 0.717) is 37.0 Å². The quantitative estimate of drug-likeness (QED) is 0.244. The smallest absolute Gasteiger partial charge is 0.410 e. The molecule has 1 aromatic heterocycles. The van der Waals surface area contributed by atoms with Crippen molar-refractivity contribution in [1.29, 1.82) is 0 Å². The van der Waals surface area contributed by atoms with Crippen molar-refractivity contribution in [1.82, 2.24) is 15.1 Å². The summed E-state index contributed by atoms with van der Waals surface area (Å²) in [6.45, 7) is 6.13. The molecule has 3 N–H and O–H groups in total. The van der Waals surface area contributed by atoms with Gasteiger partial charge in [0.1, 0.15) is 5.60 Å². The summed E-state index contributed by atoms with van der Waals surface area (Å²) in [6, 6.07) is 8.23. The van der Waals surface area contributed by atoms with Gasteiger partial charge in [0.25, 0.3) is 5.88 Å². The highest BCUT2D eigenvalue weighted by Gasteiger charge is 2.37. The van der Waals surface area contributed by atoms with Crippen molar-refractivity contribution in [3.63, 3.8) is 0 Å². The Morgan fingerprint density at radius 2 is 1.85 bits per heavy atom. The highest BCUT2D eigenvalue weighted by Crippen LogP contribution is 2.23. The SMILES string of the molecule is CC(C)(C)OC(=O)N1CCC(CCOc2cc(C(=O)N(N)C[C@@H](C(=O)O)S(=O)(=O)c3ccccc3)on2)CC1. The number of carboxylic acid groups (broad SMARTS) is 1. The van der Waals surface area contributed by atoms with Crippen molar-refractivity contribution in [2.75, 3.05) is 26.2 Å². The lowest BCUT2D eigenvalue weighted by Crippen LogP contribution is -2.47. The lowest BCUT2D eigenvalue weighted by atomic mass is 9.94. The Morgan fingerprint density at radius 1 is 1.21 bits per heavy atom. The van der Waals surface area contributed by atoms with E-state index in [4.69, 9.17) is 19.8 Å². The number of piperidine rings is 1. The number of hydrogen-bond donors (Lipinski definition) is 2. The molecule has 1 aromatic carbocycles. The zero-order valence-electron chi connectivity index (χ0n) is 22.1. The largest absolute Gasteiger partial charge is 0.480 e. The molecule has 3 rings (SSSR count). The number of aliphatic carboxylic acids is 1. The van der Waals surface area contributed by atoms with Crippen LogP contribution in [-0.2, 0) is 19.4 Å². The Bertz CT molecular complexity index is 1250. The number of carbonyl (C=O) groups is 3. The van der Waals surface area contributed by atoms with Crippen molar-refractivity contribution in [3.05, 3.63) is 42.2 Å². The molecule has 0 saturated carbocycles. The Labute approximate surface area is 226 Å². The molecule has 1 aliphatic heterocycles. The molecular weight excluding hydrogens is 532 g/mol. The topological polar surface area (TPSA) is 183 Å². The number of benzene rings is 1. The van der Waals surface area contributed by atoms with Crippen LogP contribution in [0, 0.1) is 5.92 Å². The summed E-state index contributed by atoms with van der Waals surface area (Å²) in [6.07, 6.45) is 1.96. The summed E-state index contributed by atoms with van der Waals surface area (Å²) >= 11 is 0. The zero-order chi connectivity index (χ0) is 28.8. The molecule has 0 bridgehead atoms. The minimum Gasteiger partial charge on any atom is -0.480 e. The number of likely N-dealkylation sites (tertiary alicyclic amines) is 1. The van der Waals surface area contributed by atoms with E-state index in [1.54, 1.807) is 11.0 Å². The highest BCUT2D eigenvalue weighted by atomic mass is 32.2. The van der Waals surface area contributed by atoms with Gasteiger partial charge in [-0.3, -0.25) is 14.6 Å². The molecule has 14 heteroatoms. The summed E-state index contributed by atoms with van der Waals surface area (Å²) in [5.74, 6) is 3.14. The molecule has 1 fully saturated rings. The van der Waals surface area contributed by atoms with Gasteiger partial charge in [0.15, 0.2) is 15.1 Å². The van der Waals surface area contributed by atoms with Crippen molar-refractivity contribution < 1.29 is 41.9 Å². The monoisotopic (exact) mass is 566 g/mol. The molecule has 2 heterocycles. The van der Waals surface area contributed by atoms with Gasteiger partial charge in [-0.25, -0.2) is 19.1 Å². The Morgan fingerprint density at radius 3 is 2.44 bits per heavy atom. The standard InChI is InChI=1S/C25H34N4O9S/c1-25(2,3)37-24(33)28-12-9-17(10-13-28)11-14-36-21-15-19(38-27-21)22(30)29(26)16-20(23(31)32)39(34,35)18-7-5-4-6-8-18/h4-8,15,17,20H,9-14,16,26H2,1-3H3,(H,31,32)/t20-/m0/s1. The van der Waals surface area contributed by atoms with Crippen LogP contribution in [0.1, 0.15) is 50.6 Å². The third-order valence-electron chi connectivity index (χ3n) is 6.09. The first-order valence-corrected chi connectivity index (χ1v) is 14.0. The summed E-state index contributed by atoms with van der Waals surface area (Å²) in [5.41, 5.74) is -0.543. The van der Waals surface area contributed by atoms with E-state index in [0.717, 1.165) is 12.8 Å². The van der Waals surface area contributed by atoms with Crippen molar-refractivity contribution >= 4 is 27.8 Å². The molecule has 0 radical (unpaired) electrons. The number of hydrogen-bond acceptors (Lipinski definition) is 10. The number of hydrazine groups is 1. The van der Waals surface area contributed by atoms with E-state index in [1.165, 1.54) is 30.3 Å². The molecule has 214 valence electrons. The van der Waals surface area contributed by atoms with Gasteiger partial charge in [-0.05, 0) is 63.2 Å². The van der Waals surface area contributed by atoms with Gasteiger partial charge < -0.3 is 24.0 Å². The van der Waals surface area contributed by atoms with Crippen LogP contribution < -0.4 is 10.6 Å². The number of amides is 2. The fourth-order valence-electron chi connectivity index (χ4n) is 3.98. The minimum atomic E-state index is -4.32. The maximum atomic E-state index is 12.8. The van der Waals surface area contributed by atoms with Crippen LogP contribution in [0.4, 0.5) is 4.79 Å². The first-order chi connectivity index (χ1) is 18.3. The summed E-state index contributed by atoms with van der Waals surface area (Å²) in [4.78, 5) is 38.1. The minimum absolute atomic E-state index is 0.0321. The fourth-order valence-corrected chi connectivity index (χ4v) is 5.46. The Hall–Kier alpha value is -3.65. The normalized spacial score (nSPS) is 15.4. The molecule has 0 unspecified atom stereocenters. The lowest BCUT2D eigenvalue weighted by Gasteiger charge is -2.33. The van der Waals surface area contributed by atoms with E-state index in [-0.39, 0.29) is 22.6 Å². The molecule has 0 aliphatic carbocycles. The number of rotatable bonds is 10. The van der Waals surface area contributed by atoms with Crippen LogP contribution in [0.2, 0.25) is 0 Å². The molecule has 13 nitrogen and oxygen atoms in total. The predicted octanol–water partition coefficient (Wildman–Crippen LogP) is 2.33. The Balaban J connectivity index is 1.49. The van der Waals surface area contributed by atoms with Gasteiger partial charge in [0.2, 0.25) is 5.76 Å². The van der Waals surface area contributed by atoms with Gasteiger partial charge >= 0.3 is 18.0 Å². The van der Waals surface area contributed by atoms with Crippen molar-refractivity contribution in [2.45, 2.75) is 55.8 Å².